The van der Waals surface area contributed by atoms with E-state index >= 15 is 0 Å². The van der Waals surface area contributed by atoms with Crippen LogP contribution in [0.25, 0.3) is 0 Å². The third-order valence-electron chi connectivity index (χ3n) is 4.37. The number of carbonyl (C=O) groups is 2. The van der Waals surface area contributed by atoms with Crippen molar-refractivity contribution in [3.63, 3.8) is 0 Å². The highest BCUT2D eigenvalue weighted by Crippen LogP contribution is 2.30. The van der Waals surface area contributed by atoms with Crippen molar-refractivity contribution in [3.8, 4) is 5.75 Å². The van der Waals surface area contributed by atoms with E-state index in [2.05, 4.69) is 16.0 Å². The fraction of sp³-hybridized carbons (Fsp3) is 0.333. The van der Waals surface area contributed by atoms with Crippen LogP contribution in [0.1, 0.15) is 31.4 Å². The number of nitrogens with one attached hydrogen (secondary N) is 3. The number of amides is 3. The molecule has 0 radical (unpaired) electrons. The lowest BCUT2D eigenvalue weighted by Crippen LogP contribution is -2.38. The van der Waals surface area contributed by atoms with Crippen LogP contribution in [-0.4, -0.2) is 25.1 Å². The Kier molecular flexibility index (Phi) is 6.30. The van der Waals surface area contributed by atoms with Crippen molar-refractivity contribution in [2.24, 2.45) is 5.92 Å². The van der Waals surface area contributed by atoms with Crippen molar-refractivity contribution >= 4 is 17.6 Å². The molecule has 0 spiro atoms. The van der Waals surface area contributed by atoms with E-state index in [1.165, 1.54) is 0 Å². The zero-order valence-electron chi connectivity index (χ0n) is 15.4. The van der Waals surface area contributed by atoms with E-state index in [-0.39, 0.29) is 23.9 Å². The SMILES string of the molecule is C[C@@H](NC(=O)NCCOc1ccccc1)c1ccc(NC(=O)C2CC2)cc1. The Morgan fingerprint density at radius 1 is 1.07 bits per heavy atom. The summed E-state index contributed by atoms with van der Waals surface area (Å²) < 4.78 is 5.54. The Bertz CT molecular complexity index is 758. The van der Waals surface area contributed by atoms with Gasteiger partial charge in [-0.25, -0.2) is 4.79 Å². The van der Waals surface area contributed by atoms with Crippen LogP contribution >= 0.6 is 0 Å². The third-order valence-corrected chi connectivity index (χ3v) is 4.37. The van der Waals surface area contributed by atoms with Gasteiger partial charge in [0, 0.05) is 11.6 Å². The quantitative estimate of drug-likeness (QED) is 0.625. The van der Waals surface area contributed by atoms with Crippen LogP contribution in [0.5, 0.6) is 5.75 Å². The molecule has 3 N–H and O–H groups in total. The van der Waals surface area contributed by atoms with Crippen LogP contribution in [0.2, 0.25) is 0 Å². The summed E-state index contributed by atoms with van der Waals surface area (Å²) in [5, 5.41) is 8.57. The van der Waals surface area contributed by atoms with Crippen LogP contribution < -0.4 is 20.7 Å². The maximum absolute atomic E-state index is 12.0. The molecule has 1 aliphatic carbocycles. The van der Waals surface area contributed by atoms with Gasteiger partial charge in [0.05, 0.1) is 12.6 Å². The fourth-order valence-corrected chi connectivity index (χ4v) is 2.63. The number of benzene rings is 2. The summed E-state index contributed by atoms with van der Waals surface area (Å²) in [7, 11) is 0. The van der Waals surface area contributed by atoms with Gasteiger partial charge in [0.1, 0.15) is 12.4 Å². The lowest BCUT2D eigenvalue weighted by atomic mass is 10.1. The van der Waals surface area contributed by atoms with E-state index in [1.807, 2.05) is 61.5 Å². The minimum absolute atomic E-state index is 0.0889. The second-order valence-corrected chi connectivity index (χ2v) is 6.67. The summed E-state index contributed by atoms with van der Waals surface area (Å²) in [6.45, 7) is 2.73. The summed E-state index contributed by atoms with van der Waals surface area (Å²) in [5.41, 5.74) is 1.75. The van der Waals surface area contributed by atoms with Gasteiger partial charge in [0.2, 0.25) is 5.91 Å². The molecule has 2 aromatic carbocycles. The monoisotopic (exact) mass is 367 g/mol. The minimum atomic E-state index is -0.245. The molecule has 142 valence electrons. The van der Waals surface area contributed by atoms with Crippen molar-refractivity contribution in [2.75, 3.05) is 18.5 Å². The maximum Gasteiger partial charge on any atom is 0.315 e. The number of urea groups is 1. The zero-order chi connectivity index (χ0) is 19.1. The molecular formula is C21H25N3O3. The molecule has 1 saturated carbocycles. The smallest absolute Gasteiger partial charge is 0.315 e. The van der Waals surface area contributed by atoms with Gasteiger partial charge in [-0.2, -0.15) is 0 Å². The Hall–Kier alpha value is -3.02. The summed E-state index contributed by atoms with van der Waals surface area (Å²) in [6.07, 6.45) is 1.97. The highest BCUT2D eigenvalue weighted by atomic mass is 16.5. The van der Waals surface area contributed by atoms with Crippen molar-refractivity contribution in [1.82, 2.24) is 10.6 Å². The molecule has 2 aromatic rings. The van der Waals surface area contributed by atoms with Gasteiger partial charge in [-0.15, -0.1) is 0 Å². The van der Waals surface area contributed by atoms with E-state index in [0.717, 1.165) is 29.8 Å². The lowest BCUT2D eigenvalue weighted by molar-refractivity contribution is -0.117. The number of rotatable bonds is 8. The second-order valence-electron chi connectivity index (χ2n) is 6.67. The van der Waals surface area contributed by atoms with Gasteiger partial charge in [-0.05, 0) is 49.6 Å². The van der Waals surface area contributed by atoms with Crippen LogP contribution in [0.15, 0.2) is 54.6 Å². The first-order chi connectivity index (χ1) is 13.1. The molecule has 0 aromatic heterocycles. The van der Waals surface area contributed by atoms with Gasteiger partial charge in [-0.1, -0.05) is 30.3 Å². The first-order valence-electron chi connectivity index (χ1n) is 9.25. The Labute approximate surface area is 159 Å². The van der Waals surface area contributed by atoms with E-state index < -0.39 is 0 Å². The van der Waals surface area contributed by atoms with E-state index in [4.69, 9.17) is 4.74 Å². The van der Waals surface area contributed by atoms with Gasteiger partial charge >= 0.3 is 6.03 Å². The van der Waals surface area contributed by atoms with Crippen molar-refractivity contribution < 1.29 is 14.3 Å². The summed E-state index contributed by atoms with van der Waals surface area (Å²) in [6, 6.07) is 16.6. The minimum Gasteiger partial charge on any atom is -0.492 e. The van der Waals surface area contributed by atoms with Gasteiger partial charge < -0.3 is 20.7 Å². The Balaban J connectivity index is 1.37. The number of hydrogen-bond donors (Lipinski definition) is 3. The first kappa shape index (κ1) is 18.8. The topological polar surface area (TPSA) is 79.5 Å². The van der Waals surface area contributed by atoms with Crippen LogP contribution in [0, 0.1) is 5.92 Å². The molecule has 0 saturated heterocycles. The van der Waals surface area contributed by atoms with Crippen molar-refractivity contribution in [1.29, 1.82) is 0 Å². The standard InChI is InChI=1S/C21H25N3O3/c1-15(16-9-11-18(12-10-16)24-20(25)17-7-8-17)23-21(26)22-13-14-27-19-5-3-2-4-6-19/h2-6,9-12,15,17H,7-8,13-14H2,1H3,(H,24,25)(H2,22,23,26)/t15-/m1/s1. The largest absolute Gasteiger partial charge is 0.492 e. The average molecular weight is 367 g/mol. The van der Waals surface area contributed by atoms with Gasteiger partial charge in [-0.3, -0.25) is 4.79 Å². The Morgan fingerprint density at radius 2 is 1.78 bits per heavy atom. The van der Waals surface area contributed by atoms with Crippen molar-refractivity contribution in [3.05, 3.63) is 60.2 Å². The van der Waals surface area contributed by atoms with Crippen molar-refractivity contribution in [2.45, 2.75) is 25.8 Å². The molecule has 0 aliphatic heterocycles. The maximum atomic E-state index is 12.0. The molecule has 3 amide bonds. The highest BCUT2D eigenvalue weighted by Gasteiger charge is 2.29. The van der Waals surface area contributed by atoms with E-state index in [0.29, 0.717) is 13.2 Å². The molecule has 27 heavy (non-hydrogen) atoms. The molecular weight excluding hydrogens is 342 g/mol. The predicted octanol–water partition coefficient (Wildman–Crippen LogP) is 3.47. The number of hydrogen-bond acceptors (Lipinski definition) is 3. The fourth-order valence-electron chi connectivity index (χ4n) is 2.63. The number of anilines is 1. The predicted molar refractivity (Wildman–Crippen MR) is 105 cm³/mol. The Morgan fingerprint density at radius 3 is 2.44 bits per heavy atom. The molecule has 1 fully saturated rings. The van der Waals surface area contributed by atoms with Crippen LogP contribution in [0.3, 0.4) is 0 Å². The normalized spacial score (nSPS) is 14.1. The second kappa shape index (κ2) is 9.07. The number of carbonyl (C=O) groups excluding carboxylic acids is 2. The first-order valence-corrected chi connectivity index (χ1v) is 9.25. The molecule has 0 heterocycles. The third kappa shape index (κ3) is 6.02. The molecule has 0 unspecified atom stereocenters. The lowest BCUT2D eigenvalue weighted by Gasteiger charge is -2.16. The van der Waals surface area contributed by atoms with Gasteiger partial charge in [0.15, 0.2) is 0 Å². The molecule has 6 heteroatoms. The number of ether oxygens (including phenoxy) is 1. The van der Waals surface area contributed by atoms with Gasteiger partial charge in [0.25, 0.3) is 0 Å². The van der Waals surface area contributed by atoms with E-state index in [1.54, 1.807) is 0 Å². The van der Waals surface area contributed by atoms with Crippen LogP contribution in [0.4, 0.5) is 10.5 Å². The summed E-state index contributed by atoms with van der Waals surface area (Å²) in [5.74, 6) is 1.05. The molecule has 1 atom stereocenters. The average Bonchev–Trinajstić information content (AvgIpc) is 3.52. The van der Waals surface area contributed by atoms with E-state index in [9.17, 15) is 9.59 Å². The summed E-state index contributed by atoms with van der Waals surface area (Å²) >= 11 is 0. The molecule has 3 rings (SSSR count). The summed E-state index contributed by atoms with van der Waals surface area (Å²) in [4.78, 5) is 23.8. The molecule has 0 bridgehead atoms. The highest BCUT2D eigenvalue weighted by molar-refractivity contribution is 5.94. The number of para-hydroxylation sites is 1. The molecule has 6 nitrogen and oxygen atoms in total. The zero-order valence-corrected chi connectivity index (χ0v) is 15.4. The molecule has 1 aliphatic rings. The van der Waals surface area contributed by atoms with Crippen LogP contribution in [-0.2, 0) is 4.79 Å².